The number of amides is 1. The third-order valence-electron chi connectivity index (χ3n) is 2.75. The molecule has 1 rings (SSSR count). The molecule has 0 fully saturated rings. The number of hydrogen-bond acceptors (Lipinski definition) is 4. The van der Waals surface area contributed by atoms with E-state index in [1.165, 1.54) is 32.0 Å². The normalized spacial score (nSPS) is 9.91. The van der Waals surface area contributed by atoms with Crippen LogP contribution in [0.25, 0.3) is 0 Å². The summed E-state index contributed by atoms with van der Waals surface area (Å²) in [6.45, 7) is 9.80. The molecule has 22 heavy (non-hydrogen) atoms. The summed E-state index contributed by atoms with van der Waals surface area (Å²) in [6, 6.07) is 8.04. The molecule has 1 amide bonds. The third kappa shape index (κ3) is 6.76. The van der Waals surface area contributed by atoms with Crippen LogP contribution in [0.4, 0.5) is 0 Å². The number of benzene rings is 1. The molecule has 120 valence electrons. The van der Waals surface area contributed by atoms with Gasteiger partial charge in [-0.15, -0.1) is 0 Å². The Hall–Kier alpha value is -2.53. The monoisotopic (exact) mass is 303 g/mol. The predicted octanol–water partition coefficient (Wildman–Crippen LogP) is 1.96. The zero-order valence-corrected chi connectivity index (χ0v) is 13.5. The van der Waals surface area contributed by atoms with Crippen LogP contribution in [0.3, 0.4) is 0 Å². The Morgan fingerprint density at radius 2 is 2.00 bits per heavy atom. The minimum absolute atomic E-state index is 0.182. The number of carbonyl (C=O) groups is 1. The van der Waals surface area contributed by atoms with Gasteiger partial charge in [-0.2, -0.15) is 0 Å². The van der Waals surface area contributed by atoms with Crippen LogP contribution in [0.5, 0.6) is 0 Å². The minimum Gasteiger partial charge on any atom is -0.490 e. The van der Waals surface area contributed by atoms with E-state index in [1.807, 2.05) is 31.2 Å². The summed E-state index contributed by atoms with van der Waals surface area (Å²) in [7, 11) is 2.94. The summed E-state index contributed by atoms with van der Waals surface area (Å²) in [6.07, 6.45) is 3.00. The fraction of sp³-hybridized carbons (Fsp3) is 0.235. The van der Waals surface area contributed by atoms with Crippen LogP contribution in [-0.2, 0) is 16.1 Å². The number of allylic oxidation sites excluding steroid dienone is 1. The van der Waals surface area contributed by atoms with Gasteiger partial charge in [0.1, 0.15) is 0 Å². The van der Waals surface area contributed by atoms with E-state index in [9.17, 15) is 4.79 Å². The molecule has 0 unspecified atom stereocenters. The van der Waals surface area contributed by atoms with Crippen LogP contribution in [-0.4, -0.2) is 20.1 Å². The van der Waals surface area contributed by atoms with Crippen molar-refractivity contribution in [2.24, 2.45) is 5.73 Å². The number of hydrogen-bond donors (Lipinski definition) is 3. The first-order chi connectivity index (χ1) is 10.6. The molecule has 0 atom stereocenters. The van der Waals surface area contributed by atoms with E-state index < -0.39 is 0 Å². The van der Waals surface area contributed by atoms with Crippen molar-refractivity contribution in [1.82, 2.24) is 10.6 Å². The molecule has 0 spiro atoms. The fourth-order valence-corrected chi connectivity index (χ4v) is 1.54. The average Bonchev–Trinajstić information content (AvgIpc) is 2.54. The summed E-state index contributed by atoms with van der Waals surface area (Å²) < 4.78 is 5.04. The first-order valence-corrected chi connectivity index (χ1v) is 6.81. The molecule has 0 saturated heterocycles. The zero-order valence-electron chi connectivity index (χ0n) is 13.5. The van der Waals surface area contributed by atoms with Crippen LogP contribution in [0.15, 0.2) is 61.2 Å². The molecule has 0 bridgehead atoms. The molecule has 0 aliphatic carbocycles. The highest BCUT2D eigenvalue weighted by molar-refractivity contribution is 5.92. The Labute approximate surface area is 132 Å². The minimum atomic E-state index is -0.366. The number of ether oxygens (including phenoxy) is 1. The molecular weight excluding hydrogens is 278 g/mol. The molecule has 1 aromatic rings. The molecule has 0 heterocycles. The van der Waals surface area contributed by atoms with E-state index >= 15 is 0 Å². The van der Waals surface area contributed by atoms with Crippen LogP contribution in [0, 0.1) is 6.92 Å². The average molecular weight is 303 g/mol. The lowest BCUT2D eigenvalue weighted by atomic mass is 10.1. The van der Waals surface area contributed by atoms with Gasteiger partial charge in [0.15, 0.2) is 5.76 Å². The largest absolute Gasteiger partial charge is 0.490 e. The Balaban J connectivity index is 0.00000211. The van der Waals surface area contributed by atoms with Crippen molar-refractivity contribution < 1.29 is 9.53 Å². The second-order valence-corrected chi connectivity index (χ2v) is 4.20. The van der Waals surface area contributed by atoms with Crippen molar-refractivity contribution in [1.29, 1.82) is 0 Å². The van der Waals surface area contributed by atoms with Crippen molar-refractivity contribution in [2.75, 3.05) is 14.2 Å². The van der Waals surface area contributed by atoms with Gasteiger partial charge in [-0.05, 0) is 31.2 Å². The fourth-order valence-electron chi connectivity index (χ4n) is 1.54. The van der Waals surface area contributed by atoms with E-state index in [2.05, 4.69) is 29.5 Å². The van der Waals surface area contributed by atoms with E-state index in [4.69, 9.17) is 4.74 Å². The van der Waals surface area contributed by atoms with Crippen molar-refractivity contribution in [3.8, 4) is 0 Å². The number of carbonyl (C=O) groups excluding carboxylic acids is 1. The summed E-state index contributed by atoms with van der Waals surface area (Å²) in [5.41, 5.74) is 7.28. The molecule has 5 nitrogen and oxygen atoms in total. The van der Waals surface area contributed by atoms with Gasteiger partial charge in [0.25, 0.3) is 5.91 Å². The van der Waals surface area contributed by atoms with Gasteiger partial charge in [-0.25, -0.2) is 0 Å². The van der Waals surface area contributed by atoms with Crippen molar-refractivity contribution in [2.45, 2.75) is 13.5 Å². The molecule has 4 N–H and O–H groups in total. The molecule has 0 aromatic heterocycles. The molecule has 5 heteroatoms. The van der Waals surface area contributed by atoms with E-state index in [0.29, 0.717) is 12.2 Å². The predicted molar refractivity (Wildman–Crippen MR) is 90.7 cm³/mol. The van der Waals surface area contributed by atoms with E-state index in [0.717, 1.165) is 5.56 Å². The smallest absolute Gasteiger partial charge is 0.292 e. The van der Waals surface area contributed by atoms with Gasteiger partial charge in [0.2, 0.25) is 0 Å². The first-order valence-electron chi connectivity index (χ1n) is 6.81. The Morgan fingerprint density at radius 1 is 1.36 bits per heavy atom. The number of rotatable bonds is 7. The van der Waals surface area contributed by atoms with Crippen LogP contribution in [0.1, 0.15) is 11.1 Å². The van der Waals surface area contributed by atoms with Gasteiger partial charge in [0, 0.05) is 18.4 Å². The molecule has 0 aliphatic heterocycles. The Bertz CT molecular complexity index is 536. The van der Waals surface area contributed by atoms with Crippen LogP contribution < -0.4 is 16.4 Å². The van der Waals surface area contributed by atoms with Gasteiger partial charge in [-0.3, -0.25) is 4.79 Å². The maximum absolute atomic E-state index is 11.8. The summed E-state index contributed by atoms with van der Waals surface area (Å²) in [4.78, 5) is 11.8. The summed E-state index contributed by atoms with van der Waals surface area (Å²) >= 11 is 0. The van der Waals surface area contributed by atoms with Crippen molar-refractivity contribution in [3.05, 3.63) is 72.3 Å². The lowest BCUT2D eigenvalue weighted by Crippen LogP contribution is -2.25. The Kier molecular flexibility index (Phi) is 9.88. The molecule has 0 saturated carbocycles. The Morgan fingerprint density at radius 3 is 2.55 bits per heavy atom. The van der Waals surface area contributed by atoms with Crippen molar-refractivity contribution in [3.63, 3.8) is 0 Å². The second kappa shape index (κ2) is 11.2. The SMILES string of the molecule is C=CC(=C)NC(=O)/C(=C\NCc1ccccc1C)OC.CN. The molecule has 0 radical (unpaired) electrons. The number of nitrogens with two attached hydrogens (primary N) is 1. The molecule has 1 aromatic carbocycles. The van der Waals surface area contributed by atoms with E-state index in [1.54, 1.807) is 0 Å². The van der Waals surface area contributed by atoms with Gasteiger partial charge in [-0.1, -0.05) is 37.4 Å². The maximum Gasteiger partial charge on any atom is 0.292 e. The second-order valence-electron chi connectivity index (χ2n) is 4.20. The number of methoxy groups -OCH3 is 1. The molecule has 0 aliphatic rings. The van der Waals surface area contributed by atoms with Crippen LogP contribution in [0.2, 0.25) is 0 Å². The quantitative estimate of drug-likeness (QED) is 0.409. The summed E-state index contributed by atoms with van der Waals surface area (Å²) in [5, 5.41) is 5.62. The van der Waals surface area contributed by atoms with E-state index in [-0.39, 0.29) is 11.7 Å². The standard InChI is InChI=1S/C16H20N2O2.CH5N/c1-5-13(3)18-16(19)15(20-4)11-17-10-14-9-7-6-8-12(14)2;1-2/h5-9,11,17H,1,3,10H2,2,4H3,(H,18,19);2H2,1H3/b15-11+;. The number of aryl methyl sites for hydroxylation is 1. The third-order valence-corrected chi connectivity index (χ3v) is 2.75. The van der Waals surface area contributed by atoms with Gasteiger partial charge in [0.05, 0.1) is 7.11 Å². The van der Waals surface area contributed by atoms with Crippen LogP contribution >= 0.6 is 0 Å². The van der Waals surface area contributed by atoms with Gasteiger partial charge < -0.3 is 21.1 Å². The highest BCUT2D eigenvalue weighted by Crippen LogP contribution is 2.06. The van der Waals surface area contributed by atoms with Gasteiger partial charge >= 0.3 is 0 Å². The van der Waals surface area contributed by atoms with Crippen molar-refractivity contribution >= 4 is 5.91 Å². The molecular formula is C17H25N3O2. The lowest BCUT2D eigenvalue weighted by molar-refractivity contribution is -0.119. The highest BCUT2D eigenvalue weighted by Gasteiger charge is 2.09. The zero-order chi connectivity index (χ0) is 17.0. The highest BCUT2D eigenvalue weighted by atomic mass is 16.5. The summed E-state index contributed by atoms with van der Waals surface area (Å²) in [5.74, 6) is -0.184. The lowest BCUT2D eigenvalue weighted by Gasteiger charge is -2.09. The first kappa shape index (κ1) is 19.5. The number of nitrogens with one attached hydrogen (secondary N) is 2. The maximum atomic E-state index is 11.8. The topological polar surface area (TPSA) is 76.4 Å².